The third-order valence-corrected chi connectivity index (χ3v) is 4.08. The Morgan fingerprint density at radius 1 is 0.583 bits per heavy atom. The number of esters is 1. The summed E-state index contributed by atoms with van der Waals surface area (Å²) in [6, 6.07) is 0. The topological polar surface area (TPSA) is 83.8 Å². The van der Waals surface area contributed by atoms with E-state index in [1.807, 2.05) is 0 Å². The molecule has 142 valence electrons. The number of ketones is 1. The van der Waals surface area contributed by atoms with Crippen molar-refractivity contribution in [2.45, 2.75) is 89.9 Å². The molecule has 0 aliphatic rings. The number of carbonyl (C=O) groups excluding carboxylic acids is 2. The lowest BCUT2D eigenvalue weighted by molar-refractivity contribution is -0.144. The first-order valence-corrected chi connectivity index (χ1v) is 9.59. The average molecular weight is 344 g/mol. The minimum absolute atomic E-state index is 0.0212. The van der Waals surface area contributed by atoms with Gasteiger partial charge in [-0.15, -0.1) is 0 Å². The molecule has 0 bridgehead atoms. The van der Waals surface area contributed by atoms with Crippen LogP contribution >= 0.6 is 0 Å². The van der Waals surface area contributed by atoms with Gasteiger partial charge in [0, 0.05) is 25.9 Å². The molecule has 0 heterocycles. The van der Waals surface area contributed by atoms with Gasteiger partial charge in [0.05, 0.1) is 6.61 Å². The van der Waals surface area contributed by atoms with Gasteiger partial charge in [0.25, 0.3) is 0 Å². The van der Waals surface area contributed by atoms with E-state index in [4.69, 9.17) is 14.9 Å². The highest BCUT2D eigenvalue weighted by Crippen LogP contribution is 2.13. The summed E-state index contributed by atoms with van der Waals surface area (Å²) in [4.78, 5) is 22.4. The van der Waals surface area contributed by atoms with E-state index in [9.17, 15) is 9.59 Å². The van der Waals surface area contributed by atoms with Crippen LogP contribution in [0.15, 0.2) is 0 Å². The fraction of sp³-hybridized carbons (Fsp3) is 0.895. The summed E-state index contributed by atoms with van der Waals surface area (Å²) in [5.74, 6) is -0.0266. The quantitative estimate of drug-likeness (QED) is 0.293. The van der Waals surface area contributed by atoms with Crippen LogP contribution in [0.2, 0.25) is 0 Å². The SMILES string of the molecule is O=C(CCO)CCCCCCCCCCCCCC(=O)OCCO. The predicted octanol–water partition coefficient (Wildman–Crippen LogP) is 3.54. The van der Waals surface area contributed by atoms with E-state index in [2.05, 4.69) is 0 Å². The number of Topliss-reactive ketones (excluding diaryl/α,β-unsaturated/α-hetero) is 1. The van der Waals surface area contributed by atoms with Crippen LogP contribution in [0.3, 0.4) is 0 Å². The number of hydrogen-bond acceptors (Lipinski definition) is 5. The van der Waals surface area contributed by atoms with Gasteiger partial charge in [-0.3, -0.25) is 9.59 Å². The second-order valence-corrected chi connectivity index (χ2v) is 6.35. The lowest BCUT2D eigenvalue weighted by Crippen LogP contribution is -2.07. The molecule has 0 aliphatic carbocycles. The fourth-order valence-electron chi connectivity index (χ4n) is 2.66. The Morgan fingerprint density at radius 3 is 1.50 bits per heavy atom. The summed E-state index contributed by atoms with van der Waals surface area (Å²) in [6.07, 6.45) is 14.0. The largest absolute Gasteiger partial charge is 0.463 e. The zero-order valence-corrected chi connectivity index (χ0v) is 15.1. The molecule has 0 amide bonds. The van der Waals surface area contributed by atoms with Crippen LogP contribution in [0.25, 0.3) is 0 Å². The van der Waals surface area contributed by atoms with Crippen LogP contribution in [-0.2, 0) is 14.3 Å². The molecular formula is C19H36O5. The van der Waals surface area contributed by atoms with E-state index < -0.39 is 0 Å². The van der Waals surface area contributed by atoms with Gasteiger partial charge in [-0.2, -0.15) is 0 Å². The van der Waals surface area contributed by atoms with E-state index in [0.717, 1.165) is 25.7 Å². The molecule has 0 aliphatic heterocycles. The van der Waals surface area contributed by atoms with E-state index in [-0.39, 0.29) is 31.6 Å². The monoisotopic (exact) mass is 344 g/mol. The number of hydrogen-bond donors (Lipinski definition) is 2. The van der Waals surface area contributed by atoms with Gasteiger partial charge < -0.3 is 14.9 Å². The van der Waals surface area contributed by atoms with Crippen molar-refractivity contribution in [2.24, 2.45) is 0 Å². The molecule has 0 fully saturated rings. The number of aliphatic hydroxyl groups is 2. The summed E-state index contributed by atoms with van der Waals surface area (Å²) >= 11 is 0. The van der Waals surface area contributed by atoms with Crippen LogP contribution < -0.4 is 0 Å². The van der Waals surface area contributed by atoms with Crippen molar-refractivity contribution in [1.29, 1.82) is 0 Å². The van der Waals surface area contributed by atoms with Gasteiger partial charge in [0.2, 0.25) is 0 Å². The minimum atomic E-state index is -0.206. The fourth-order valence-corrected chi connectivity index (χ4v) is 2.66. The van der Waals surface area contributed by atoms with Gasteiger partial charge in [-0.25, -0.2) is 0 Å². The number of ether oxygens (including phenoxy) is 1. The lowest BCUT2D eigenvalue weighted by Gasteiger charge is -2.04. The van der Waals surface area contributed by atoms with Gasteiger partial charge >= 0.3 is 5.97 Å². The third-order valence-electron chi connectivity index (χ3n) is 4.08. The smallest absolute Gasteiger partial charge is 0.305 e. The average Bonchev–Trinajstić information content (AvgIpc) is 2.57. The molecule has 5 heteroatoms. The summed E-state index contributed by atoms with van der Waals surface area (Å²) in [7, 11) is 0. The van der Waals surface area contributed by atoms with Crippen molar-refractivity contribution in [3.63, 3.8) is 0 Å². The molecular weight excluding hydrogens is 308 g/mol. The molecule has 0 saturated carbocycles. The van der Waals surface area contributed by atoms with Crippen LogP contribution in [0.1, 0.15) is 89.9 Å². The standard InChI is InChI=1S/C19H36O5/c20-15-14-18(22)12-10-8-6-4-2-1-3-5-7-9-11-13-19(23)24-17-16-21/h20-21H,1-17H2. The molecule has 0 aromatic rings. The van der Waals surface area contributed by atoms with Gasteiger partial charge in [-0.05, 0) is 12.8 Å². The molecule has 0 saturated heterocycles. The first kappa shape index (κ1) is 23.1. The second-order valence-electron chi connectivity index (χ2n) is 6.35. The Kier molecular flexibility index (Phi) is 17.7. The highest BCUT2D eigenvalue weighted by Gasteiger charge is 2.02. The van der Waals surface area contributed by atoms with Crippen molar-refractivity contribution in [3.8, 4) is 0 Å². The van der Waals surface area contributed by atoms with Crippen LogP contribution in [0.5, 0.6) is 0 Å². The van der Waals surface area contributed by atoms with Crippen molar-refractivity contribution >= 4 is 11.8 Å². The highest BCUT2D eigenvalue weighted by atomic mass is 16.5. The molecule has 0 aromatic heterocycles. The highest BCUT2D eigenvalue weighted by molar-refractivity contribution is 5.78. The minimum Gasteiger partial charge on any atom is -0.463 e. The molecule has 5 nitrogen and oxygen atoms in total. The molecule has 0 radical (unpaired) electrons. The molecule has 0 rings (SSSR count). The van der Waals surface area contributed by atoms with E-state index in [1.54, 1.807) is 0 Å². The summed E-state index contributed by atoms with van der Waals surface area (Å²) in [6.45, 7) is -0.0159. The number of carbonyl (C=O) groups is 2. The summed E-state index contributed by atoms with van der Waals surface area (Å²) in [5, 5.41) is 17.2. The molecule has 0 aromatic carbocycles. The Hall–Kier alpha value is -0.940. The zero-order chi connectivity index (χ0) is 17.9. The maximum absolute atomic E-state index is 11.2. The van der Waals surface area contributed by atoms with Crippen molar-refractivity contribution in [1.82, 2.24) is 0 Å². The van der Waals surface area contributed by atoms with Gasteiger partial charge in [-0.1, -0.05) is 57.8 Å². The molecule has 24 heavy (non-hydrogen) atoms. The normalized spacial score (nSPS) is 10.8. The Labute approximate surface area is 146 Å². The summed E-state index contributed by atoms with van der Waals surface area (Å²) < 4.78 is 4.80. The van der Waals surface area contributed by atoms with E-state index >= 15 is 0 Å². The Morgan fingerprint density at radius 2 is 1.04 bits per heavy atom. The van der Waals surface area contributed by atoms with Crippen LogP contribution in [-0.4, -0.2) is 41.8 Å². The van der Waals surface area contributed by atoms with Gasteiger partial charge in [0.1, 0.15) is 12.4 Å². The number of unbranched alkanes of at least 4 members (excludes halogenated alkanes) is 10. The summed E-state index contributed by atoms with van der Waals surface area (Å²) in [5.41, 5.74) is 0. The van der Waals surface area contributed by atoms with Gasteiger partial charge in [0.15, 0.2) is 0 Å². The molecule has 0 unspecified atom stereocenters. The first-order chi connectivity index (χ1) is 11.7. The Balaban J connectivity index is 3.12. The lowest BCUT2D eigenvalue weighted by atomic mass is 10.0. The number of rotatable bonds is 18. The molecule has 0 spiro atoms. The third kappa shape index (κ3) is 17.4. The van der Waals surface area contributed by atoms with Crippen LogP contribution in [0.4, 0.5) is 0 Å². The van der Waals surface area contributed by atoms with Crippen molar-refractivity contribution < 1.29 is 24.5 Å². The molecule has 2 N–H and O–H groups in total. The van der Waals surface area contributed by atoms with Crippen molar-refractivity contribution in [3.05, 3.63) is 0 Å². The Bertz CT molecular complexity index is 304. The zero-order valence-electron chi connectivity index (χ0n) is 15.1. The molecule has 0 atom stereocenters. The van der Waals surface area contributed by atoms with E-state index in [0.29, 0.717) is 19.3 Å². The predicted molar refractivity (Wildman–Crippen MR) is 94.8 cm³/mol. The maximum atomic E-state index is 11.2. The maximum Gasteiger partial charge on any atom is 0.305 e. The second kappa shape index (κ2) is 18.4. The first-order valence-electron chi connectivity index (χ1n) is 9.59. The van der Waals surface area contributed by atoms with Crippen LogP contribution in [0, 0.1) is 0 Å². The number of aliphatic hydroxyl groups excluding tert-OH is 2. The van der Waals surface area contributed by atoms with Crippen molar-refractivity contribution in [2.75, 3.05) is 19.8 Å². The van der Waals surface area contributed by atoms with E-state index in [1.165, 1.54) is 44.9 Å².